The smallest absolute Gasteiger partial charge is 0.354 e. The van der Waals surface area contributed by atoms with Crippen molar-refractivity contribution in [1.29, 1.82) is 0 Å². The van der Waals surface area contributed by atoms with Gasteiger partial charge in [-0.3, -0.25) is 9.59 Å². The Morgan fingerprint density at radius 3 is 2.79 bits per heavy atom. The van der Waals surface area contributed by atoms with Crippen LogP contribution in [0.25, 0.3) is 5.65 Å². The molecule has 0 aliphatic heterocycles. The Morgan fingerprint density at radius 1 is 1.41 bits per heavy atom. The molecule has 154 valence electrons. The van der Waals surface area contributed by atoms with Crippen molar-refractivity contribution in [3.05, 3.63) is 41.4 Å². The number of hydrogen-bond acceptors (Lipinski definition) is 6. The SMILES string of the molecule is CCOC(=O)C1(C)CC=C(C(C)NC(=O)c2cc(C(=O)O)nc3ccnn23)CC1. The van der Waals surface area contributed by atoms with E-state index < -0.39 is 17.3 Å². The van der Waals surface area contributed by atoms with E-state index in [1.807, 2.05) is 19.9 Å². The summed E-state index contributed by atoms with van der Waals surface area (Å²) in [7, 11) is 0. The zero-order valence-corrected chi connectivity index (χ0v) is 16.6. The molecule has 9 nitrogen and oxygen atoms in total. The van der Waals surface area contributed by atoms with E-state index in [-0.39, 0.29) is 29.0 Å². The van der Waals surface area contributed by atoms with Crippen LogP contribution in [-0.4, -0.2) is 50.2 Å². The van der Waals surface area contributed by atoms with Crippen LogP contribution in [0.5, 0.6) is 0 Å². The molecule has 1 amide bonds. The second-order valence-electron chi connectivity index (χ2n) is 7.39. The molecule has 0 spiro atoms. The van der Waals surface area contributed by atoms with Gasteiger partial charge in [0.25, 0.3) is 5.91 Å². The fourth-order valence-corrected chi connectivity index (χ4v) is 3.41. The number of allylic oxidation sites excluding steroid dienone is 1. The van der Waals surface area contributed by atoms with Crippen molar-refractivity contribution in [2.45, 2.75) is 46.1 Å². The maximum absolute atomic E-state index is 12.8. The molecule has 0 saturated heterocycles. The molecule has 2 heterocycles. The van der Waals surface area contributed by atoms with Gasteiger partial charge in [-0.25, -0.2) is 14.3 Å². The first-order valence-electron chi connectivity index (χ1n) is 9.50. The first-order chi connectivity index (χ1) is 13.7. The maximum atomic E-state index is 12.8. The molecule has 0 aromatic carbocycles. The number of nitrogens with zero attached hydrogens (tertiary/aromatic N) is 3. The summed E-state index contributed by atoms with van der Waals surface area (Å²) in [6, 6.07) is 2.46. The second kappa shape index (κ2) is 8.02. The molecule has 9 heteroatoms. The fraction of sp³-hybridized carbons (Fsp3) is 0.450. The number of carboxylic acids is 1. The van der Waals surface area contributed by atoms with Crippen molar-refractivity contribution in [3.63, 3.8) is 0 Å². The van der Waals surface area contributed by atoms with Crippen molar-refractivity contribution < 1.29 is 24.2 Å². The van der Waals surface area contributed by atoms with Gasteiger partial charge in [-0.15, -0.1) is 0 Å². The van der Waals surface area contributed by atoms with Crippen molar-refractivity contribution in [2.24, 2.45) is 5.41 Å². The summed E-state index contributed by atoms with van der Waals surface area (Å²) in [5.41, 5.74) is 0.621. The van der Waals surface area contributed by atoms with Gasteiger partial charge >= 0.3 is 11.9 Å². The maximum Gasteiger partial charge on any atom is 0.354 e. The summed E-state index contributed by atoms with van der Waals surface area (Å²) in [5, 5.41) is 16.2. The number of amides is 1. The number of carboxylic acid groups (broad SMARTS) is 1. The van der Waals surface area contributed by atoms with Gasteiger partial charge in [-0.1, -0.05) is 11.6 Å². The van der Waals surface area contributed by atoms with E-state index in [9.17, 15) is 19.5 Å². The summed E-state index contributed by atoms with van der Waals surface area (Å²) in [4.78, 5) is 40.2. The minimum absolute atomic E-state index is 0.0945. The topological polar surface area (TPSA) is 123 Å². The molecule has 2 aromatic rings. The van der Waals surface area contributed by atoms with E-state index in [1.54, 1.807) is 6.92 Å². The molecule has 1 aliphatic rings. The molecule has 0 saturated carbocycles. The first-order valence-corrected chi connectivity index (χ1v) is 9.50. The van der Waals surface area contributed by atoms with Crippen LogP contribution in [0.2, 0.25) is 0 Å². The number of fused-ring (bicyclic) bond motifs is 1. The molecule has 0 radical (unpaired) electrons. The number of hydrogen-bond donors (Lipinski definition) is 2. The highest BCUT2D eigenvalue weighted by Gasteiger charge is 2.36. The monoisotopic (exact) mass is 400 g/mol. The quantitative estimate of drug-likeness (QED) is 0.563. The van der Waals surface area contributed by atoms with E-state index in [2.05, 4.69) is 15.4 Å². The van der Waals surface area contributed by atoms with E-state index in [1.165, 1.54) is 22.8 Å². The lowest BCUT2D eigenvalue weighted by molar-refractivity contribution is -0.154. The van der Waals surface area contributed by atoms with Crippen LogP contribution in [0.3, 0.4) is 0 Å². The van der Waals surface area contributed by atoms with Crippen LogP contribution >= 0.6 is 0 Å². The predicted octanol–water partition coefficient (Wildman–Crippen LogP) is 2.23. The van der Waals surface area contributed by atoms with Crippen molar-refractivity contribution in [2.75, 3.05) is 6.61 Å². The predicted molar refractivity (Wildman–Crippen MR) is 104 cm³/mol. The highest BCUT2D eigenvalue weighted by Crippen LogP contribution is 2.37. The van der Waals surface area contributed by atoms with Gasteiger partial charge in [0.05, 0.1) is 18.2 Å². The van der Waals surface area contributed by atoms with E-state index >= 15 is 0 Å². The molecule has 2 unspecified atom stereocenters. The van der Waals surface area contributed by atoms with Crippen molar-refractivity contribution in [1.82, 2.24) is 19.9 Å². The zero-order valence-electron chi connectivity index (χ0n) is 16.6. The third-order valence-electron chi connectivity index (χ3n) is 5.26. The lowest BCUT2D eigenvalue weighted by Gasteiger charge is -2.32. The number of aromatic nitrogens is 3. The third-order valence-corrected chi connectivity index (χ3v) is 5.26. The zero-order chi connectivity index (χ0) is 21.2. The van der Waals surface area contributed by atoms with Gasteiger partial charge in [0, 0.05) is 18.2 Å². The van der Waals surface area contributed by atoms with Crippen molar-refractivity contribution in [3.8, 4) is 0 Å². The Balaban J connectivity index is 1.76. The molecule has 2 atom stereocenters. The average molecular weight is 400 g/mol. The normalized spacial score (nSPS) is 20.0. The fourth-order valence-electron chi connectivity index (χ4n) is 3.41. The standard InChI is InChI=1S/C20H24N4O5/c1-4-29-19(28)20(3)8-5-13(6-9-20)12(2)22-17(25)15-11-14(18(26)27)23-16-7-10-21-24(15)16/h5,7,10-12H,4,6,8-9H2,1-3H3,(H,22,25)(H,26,27). The highest BCUT2D eigenvalue weighted by molar-refractivity contribution is 5.96. The summed E-state index contributed by atoms with van der Waals surface area (Å²) in [6.45, 7) is 5.88. The Morgan fingerprint density at radius 2 is 2.17 bits per heavy atom. The van der Waals surface area contributed by atoms with Crippen LogP contribution in [0.4, 0.5) is 0 Å². The molecule has 2 aromatic heterocycles. The molecule has 3 rings (SSSR count). The summed E-state index contributed by atoms with van der Waals surface area (Å²) >= 11 is 0. The molecule has 2 N–H and O–H groups in total. The average Bonchev–Trinajstić information content (AvgIpc) is 3.16. The molecule has 1 aliphatic carbocycles. The van der Waals surface area contributed by atoms with Gasteiger partial charge in [0.2, 0.25) is 0 Å². The van der Waals surface area contributed by atoms with Crippen LogP contribution < -0.4 is 5.32 Å². The first kappa shape index (κ1) is 20.5. The number of rotatable bonds is 6. The summed E-state index contributed by atoms with van der Waals surface area (Å²) in [6.07, 6.45) is 5.27. The van der Waals surface area contributed by atoms with Gasteiger partial charge in [-0.05, 0) is 40.0 Å². The molecule has 0 bridgehead atoms. The van der Waals surface area contributed by atoms with E-state index in [4.69, 9.17) is 4.74 Å². The lowest BCUT2D eigenvalue weighted by atomic mass is 9.75. The molecule has 29 heavy (non-hydrogen) atoms. The van der Waals surface area contributed by atoms with Crippen LogP contribution in [0.15, 0.2) is 30.0 Å². The molecular formula is C20H24N4O5. The van der Waals surface area contributed by atoms with Gasteiger partial charge in [0.15, 0.2) is 11.3 Å². The largest absolute Gasteiger partial charge is 0.477 e. The summed E-state index contributed by atoms with van der Waals surface area (Å²) < 4.78 is 6.47. The number of ether oxygens (including phenoxy) is 1. The van der Waals surface area contributed by atoms with Crippen LogP contribution in [0, 0.1) is 5.41 Å². The second-order valence-corrected chi connectivity index (χ2v) is 7.39. The van der Waals surface area contributed by atoms with E-state index in [0.717, 1.165) is 5.57 Å². The Bertz CT molecular complexity index is 996. The van der Waals surface area contributed by atoms with Crippen LogP contribution in [0.1, 0.15) is 61.0 Å². The van der Waals surface area contributed by atoms with Crippen LogP contribution in [-0.2, 0) is 9.53 Å². The summed E-state index contributed by atoms with van der Waals surface area (Å²) in [5.74, 6) is -1.87. The lowest BCUT2D eigenvalue weighted by Crippen LogP contribution is -2.38. The highest BCUT2D eigenvalue weighted by atomic mass is 16.5. The van der Waals surface area contributed by atoms with Gasteiger partial charge in [0.1, 0.15) is 5.69 Å². The third kappa shape index (κ3) is 4.13. The van der Waals surface area contributed by atoms with E-state index in [0.29, 0.717) is 25.9 Å². The Kier molecular flexibility index (Phi) is 5.67. The van der Waals surface area contributed by atoms with Gasteiger partial charge in [-0.2, -0.15) is 5.10 Å². The minimum atomic E-state index is -1.22. The molecule has 0 fully saturated rings. The number of carbonyl (C=O) groups excluding carboxylic acids is 2. The number of esters is 1. The number of nitrogens with one attached hydrogen (secondary N) is 1. The molecular weight excluding hydrogens is 376 g/mol. The minimum Gasteiger partial charge on any atom is -0.477 e. The Hall–Kier alpha value is -3.23. The van der Waals surface area contributed by atoms with Gasteiger partial charge < -0.3 is 15.2 Å². The number of carbonyl (C=O) groups is 3. The number of aromatic carboxylic acids is 1. The Labute approximate surface area is 167 Å². The van der Waals surface area contributed by atoms with Crippen molar-refractivity contribution >= 4 is 23.5 Å².